The lowest BCUT2D eigenvalue weighted by Gasteiger charge is -2.54. The molecule has 0 amide bonds. The monoisotopic (exact) mass is 513 g/mol. The molecule has 206 valence electrons. The summed E-state index contributed by atoms with van der Waals surface area (Å²) in [7, 11) is -3.19. The Morgan fingerprint density at radius 1 is 1.00 bits per heavy atom. The van der Waals surface area contributed by atoms with Crippen molar-refractivity contribution in [3.05, 3.63) is 0 Å². The van der Waals surface area contributed by atoms with Crippen LogP contribution in [0, 0.1) is 46.8 Å². The minimum absolute atomic E-state index is 0.217. The molecule has 3 N–H and O–H groups in total. The van der Waals surface area contributed by atoms with Crippen LogP contribution in [0.4, 0.5) is 0 Å². The average Bonchev–Trinajstić information content (AvgIpc) is 3.16. The van der Waals surface area contributed by atoms with Gasteiger partial charge in [-0.1, -0.05) is 34.1 Å². The molecule has 0 aromatic rings. The Hall–Kier alpha value is -0.170. The molecule has 5 nitrogen and oxygen atoms in total. The van der Waals surface area contributed by atoms with Gasteiger partial charge in [0.2, 0.25) is 10.0 Å². The van der Waals surface area contributed by atoms with Crippen LogP contribution in [0.3, 0.4) is 0 Å². The number of sulfonamides is 1. The van der Waals surface area contributed by atoms with E-state index in [-0.39, 0.29) is 28.8 Å². The van der Waals surface area contributed by atoms with E-state index in [2.05, 4.69) is 32.4 Å². The minimum Gasteiger partial charge on any atom is -0.393 e. The van der Waals surface area contributed by atoms with Crippen molar-refractivity contribution >= 4 is 10.0 Å². The number of hydrogen-bond donors (Lipinski definition) is 3. The van der Waals surface area contributed by atoms with E-state index >= 15 is 0 Å². The Labute approximate surface area is 216 Å². The molecular formula is C29H55NO4S. The third kappa shape index (κ3) is 6.46. The molecule has 0 bridgehead atoms. The molecule has 0 radical (unpaired) electrons. The summed E-state index contributed by atoms with van der Waals surface area (Å²) in [5.41, 5.74) is 0.265. The Morgan fingerprint density at radius 3 is 2.34 bits per heavy atom. The molecule has 6 heteroatoms. The van der Waals surface area contributed by atoms with Crippen molar-refractivity contribution in [2.24, 2.45) is 46.8 Å². The van der Waals surface area contributed by atoms with Gasteiger partial charge in [0.15, 0.2) is 0 Å². The number of hydrogen-bond acceptors (Lipinski definition) is 4. The summed E-state index contributed by atoms with van der Waals surface area (Å²) in [5, 5.41) is 21.9. The van der Waals surface area contributed by atoms with Crippen molar-refractivity contribution in [2.75, 3.05) is 6.54 Å². The SMILES string of the molecule is CC[C@@H]1CC[C@H](O)CCC(C)[C@H]2CCC3(C)C([C@H](C)CCCNS(=O)(=O)C(C)C)CC[C@H]3[C@@H]2[C@@H]1O. The van der Waals surface area contributed by atoms with Crippen molar-refractivity contribution in [1.82, 2.24) is 4.72 Å². The third-order valence-electron chi connectivity index (χ3n) is 10.9. The second-order valence-corrected chi connectivity index (χ2v) is 15.4. The molecule has 0 saturated heterocycles. The summed E-state index contributed by atoms with van der Waals surface area (Å²) in [4.78, 5) is 0. The molecule has 0 aromatic carbocycles. The lowest BCUT2D eigenvalue weighted by atomic mass is 9.52. The molecule has 3 unspecified atom stereocenters. The molecule has 3 aliphatic carbocycles. The van der Waals surface area contributed by atoms with Crippen LogP contribution in [0.5, 0.6) is 0 Å². The fourth-order valence-electron chi connectivity index (χ4n) is 8.51. The number of rotatable bonds is 8. The lowest BCUT2D eigenvalue weighted by molar-refractivity contribution is -0.100. The predicted octanol–water partition coefficient (Wildman–Crippen LogP) is 5.75. The van der Waals surface area contributed by atoms with Crippen molar-refractivity contribution < 1.29 is 18.6 Å². The zero-order chi connectivity index (χ0) is 26.0. The molecule has 3 rings (SSSR count). The van der Waals surface area contributed by atoms with E-state index in [1.165, 1.54) is 25.7 Å². The van der Waals surface area contributed by atoms with Crippen LogP contribution >= 0.6 is 0 Å². The fraction of sp³-hybridized carbons (Fsp3) is 1.00. The molecule has 10 atom stereocenters. The summed E-state index contributed by atoms with van der Waals surface area (Å²) < 4.78 is 26.9. The van der Waals surface area contributed by atoms with E-state index in [1.807, 2.05) is 0 Å². The summed E-state index contributed by atoms with van der Waals surface area (Å²) >= 11 is 0. The zero-order valence-electron chi connectivity index (χ0n) is 23.4. The van der Waals surface area contributed by atoms with Crippen molar-refractivity contribution in [1.29, 1.82) is 0 Å². The summed E-state index contributed by atoms with van der Waals surface area (Å²) in [6.45, 7) is 13.5. The zero-order valence-corrected chi connectivity index (χ0v) is 24.2. The largest absolute Gasteiger partial charge is 0.393 e. The number of nitrogens with one attached hydrogen (secondary N) is 1. The van der Waals surface area contributed by atoms with Gasteiger partial charge in [0.1, 0.15) is 0 Å². The maximum Gasteiger partial charge on any atom is 0.213 e. The number of fused-ring (bicyclic) bond motifs is 3. The van der Waals surface area contributed by atoms with Gasteiger partial charge >= 0.3 is 0 Å². The van der Waals surface area contributed by atoms with Crippen LogP contribution < -0.4 is 4.72 Å². The highest BCUT2D eigenvalue weighted by molar-refractivity contribution is 7.90. The Bertz CT molecular complexity index is 771. The van der Waals surface area contributed by atoms with Crippen LogP contribution in [0.2, 0.25) is 0 Å². The standard InChI is InChI=1S/C29H55NO4S/c1-7-22-11-13-23(31)12-10-20(4)24-16-17-29(6)25(14-15-26(29)27(24)28(22)32)21(5)9-8-18-30-35(33,34)19(2)3/h19-28,30-32H,7-18H2,1-6H3/t20?,21-,22-,23-,24-,25?,26+,27-,28-,29?/m1/s1. The van der Waals surface area contributed by atoms with Crippen molar-refractivity contribution in [3.63, 3.8) is 0 Å². The molecule has 35 heavy (non-hydrogen) atoms. The van der Waals surface area contributed by atoms with Gasteiger partial charge in [-0.05, 0) is 125 Å². The van der Waals surface area contributed by atoms with Gasteiger partial charge in [-0.2, -0.15) is 0 Å². The summed E-state index contributed by atoms with van der Waals surface area (Å²) in [6.07, 6.45) is 11.1. The molecule has 3 fully saturated rings. The van der Waals surface area contributed by atoms with Crippen LogP contribution in [0.15, 0.2) is 0 Å². The fourth-order valence-corrected chi connectivity index (χ4v) is 9.27. The van der Waals surface area contributed by atoms with Crippen LogP contribution in [-0.2, 0) is 10.0 Å². The molecule has 0 aliphatic heterocycles. The summed E-state index contributed by atoms with van der Waals surface area (Å²) in [6, 6.07) is 0. The Morgan fingerprint density at radius 2 is 1.69 bits per heavy atom. The topological polar surface area (TPSA) is 86.6 Å². The van der Waals surface area contributed by atoms with E-state index in [9.17, 15) is 18.6 Å². The highest BCUT2D eigenvalue weighted by atomic mass is 32.2. The third-order valence-corrected chi connectivity index (χ3v) is 12.7. The molecule has 3 saturated carbocycles. The first kappa shape index (κ1) is 29.4. The van der Waals surface area contributed by atoms with E-state index in [0.717, 1.165) is 44.9 Å². The van der Waals surface area contributed by atoms with Gasteiger partial charge in [0.05, 0.1) is 17.5 Å². The average molecular weight is 514 g/mol. The maximum absolute atomic E-state index is 12.1. The summed E-state index contributed by atoms with van der Waals surface area (Å²) in [5.74, 6) is 3.56. The first-order valence-corrected chi connectivity index (χ1v) is 16.3. The highest BCUT2D eigenvalue weighted by Gasteiger charge is 2.57. The first-order valence-electron chi connectivity index (χ1n) is 14.8. The van der Waals surface area contributed by atoms with Gasteiger partial charge in [-0.25, -0.2) is 13.1 Å². The molecule has 0 aromatic heterocycles. The van der Waals surface area contributed by atoms with E-state index < -0.39 is 10.0 Å². The lowest BCUT2D eigenvalue weighted by Crippen LogP contribution is -2.50. The van der Waals surface area contributed by atoms with Crippen LogP contribution in [-0.4, -0.2) is 42.6 Å². The first-order chi connectivity index (χ1) is 16.4. The van der Waals surface area contributed by atoms with Gasteiger partial charge < -0.3 is 10.2 Å². The molecule has 3 aliphatic rings. The van der Waals surface area contributed by atoms with Crippen molar-refractivity contribution in [3.8, 4) is 0 Å². The Balaban J connectivity index is 1.72. The van der Waals surface area contributed by atoms with Gasteiger partial charge in [0, 0.05) is 6.54 Å². The van der Waals surface area contributed by atoms with Gasteiger partial charge in [-0.3, -0.25) is 0 Å². The van der Waals surface area contributed by atoms with E-state index in [0.29, 0.717) is 42.1 Å². The highest BCUT2D eigenvalue weighted by Crippen LogP contribution is 2.63. The molecular weight excluding hydrogens is 458 g/mol. The molecule has 0 spiro atoms. The Kier molecular flexibility index (Phi) is 10.2. The smallest absolute Gasteiger partial charge is 0.213 e. The second kappa shape index (κ2) is 12.1. The van der Waals surface area contributed by atoms with Gasteiger partial charge in [-0.15, -0.1) is 0 Å². The number of aliphatic hydroxyl groups excluding tert-OH is 2. The maximum atomic E-state index is 12.1. The van der Waals surface area contributed by atoms with Crippen LogP contribution in [0.1, 0.15) is 112 Å². The van der Waals surface area contributed by atoms with Crippen LogP contribution in [0.25, 0.3) is 0 Å². The minimum atomic E-state index is -3.19. The van der Waals surface area contributed by atoms with Gasteiger partial charge in [0.25, 0.3) is 0 Å². The quantitative estimate of drug-likeness (QED) is 0.361. The van der Waals surface area contributed by atoms with E-state index in [4.69, 9.17) is 0 Å². The normalized spacial score (nSPS) is 41.9. The predicted molar refractivity (Wildman–Crippen MR) is 144 cm³/mol. The molecule has 0 heterocycles. The number of aliphatic hydroxyl groups is 2. The van der Waals surface area contributed by atoms with Crippen molar-refractivity contribution in [2.45, 2.75) is 130 Å². The second-order valence-electron chi connectivity index (χ2n) is 13.1. The van der Waals surface area contributed by atoms with E-state index in [1.54, 1.807) is 13.8 Å².